The molecule has 0 spiro atoms. The minimum Gasteiger partial charge on any atom is -0.447 e. The Morgan fingerprint density at radius 3 is 2.69 bits per heavy atom. The summed E-state index contributed by atoms with van der Waals surface area (Å²) in [7, 11) is 0. The summed E-state index contributed by atoms with van der Waals surface area (Å²) in [6, 6.07) is 9.47. The molecule has 0 fully saturated rings. The highest BCUT2D eigenvalue weighted by Gasteiger charge is 2.27. The molecular formula is C18H12N6OS. The van der Waals surface area contributed by atoms with Crippen molar-refractivity contribution in [2.24, 2.45) is 0 Å². The molecule has 0 amide bonds. The Hall–Kier alpha value is -3.52. The Bertz CT molecular complexity index is 1110. The summed E-state index contributed by atoms with van der Waals surface area (Å²) in [5.41, 5.74) is 3.16. The number of imidazole rings is 1. The predicted molar refractivity (Wildman–Crippen MR) is 97.8 cm³/mol. The molecule has 8 heteroatoms. The van der Waals surface area contributed by atoms with Gasteiger partial charge in [-0.05, 0) is 18.2 Å². The van der Waals surface area contributed by atoms with E-state index < -0.39 is 0 Å². The standard InChI is InChI=1S/C18H12N6OS/c1-2-6-19-12(4-1)14-15(18-22-9-11-26-18)23-24(13-5-3-10-25-13)16(14)17-20-7-8-21-17/h1-11H,(H,20,21). The minimum atomic E-state index is 0.594. The van der Waals surface area contributed by atoms with Crippen molar-refractivity contribution in [3.05, 3.63) is 66.8 Å². The summed E-state index contributed by atoms with van der Waals surface area (Å²) < 4.78 is 7.34. The summed E-state index contributed by atoms with van der Waals surface area (Å²) in [4.78, 5) is 16.6. The number of thiazole rings is 1. The van der Waals surface area contributed by atoms with Gasteiger partial charge in [0.05, 0.1) is 17.5 Å². The van der Waals surface area contributed by atoms with Gasteiger partial charge in [0.1, 0.15) is 16.4 Å². The highest BCUT2D eigenvalue weighted by atomic mass is 32.1. The molecule has 0 aromatic carbocycles. The number of aromatic nitrogens is 6. The fourth-order valence-electron chi connectivity index (χ4n) is 2.82. The van der Waals surface area contributed by atoms with Crippen LogP contribution in [0.3, 0.4) is 0 Å². The van der Waals surface area contributed by atoms with E-state index in [1.54, 1.807) is 35.7 Å². The van der Waals surface area contributed by atoms with Crippen molar-refractivity contribution in [3.8, 4) is 39.4 Å². The van der Waals surface area contributed by atoms with E-state index in [1.807, 2.05) is 35.7 Å². The second kappa shape index (κ2) is 6.08. The molecule has 5 aromatic heterocycles. The lowest BCUT2D eigenvalue weighted by Crippen LogP contribution is -1.99. The van der Waals surface area contributed by atoms with Gasteiger partial charge in [0, 0.05) is 36.2 Å². The summed E-state index contributed by atoms with van der Waals surface area (Å²) in [5, 5.41) is 7.53. The third-order valence-corrected chi connectivity index (χ3v) is 4.66. The molecule has 1 N–H and O–H groups in total. The van der Waals surface area contributed by atoms with E-state index >= 15 is 0 Å². The largest absolute Gasteiger partial charge is 0.447 e. The molecule has 0 atom stereocenters. The normalized spacial score (nSPS) is 11.1. The predicted octanol–water partition coefficient (Wildman–Crippen LogP) is 4.04. The zero-order chi connectivity index (χ0) is 17.3. The van der Waals surface area contributed by atoms with Crippen LogP contribution in [0.5, 0.6) is 0 Å². The van der Waals surface area contributed by atoms with Crippen molar-refractivity contribution >= 4 is 11.3 Å². The zero-order valence-electron chi connectivity index (χ0n) is 13.4. The molecule has 5 heterocycles. The number of H-pyrrole nitrogens is 1. The van der Waals surface area contributed by atoms with E-state index in [4.69, 9.17) is 9.52 Å². The second-order valence-electron chi connectivity index (χ2n) is 5.43. The molecule has 0 aliphatic heterocycles. The fraction of sp³-hybridized carbons (Fsp3) is 0. The van der Waals surface area contributed by atoms with Crippen molar-refractivity contribution in [3.63, 3.8) is 0 Å². The summed E-state index contributed by atoms with van der Waals surface area (Å²) in [6.07, 6.45) is 8.63. The molecule has 0 saturated heterocycles. The number of hydrogen-bond donors (Lipinski definition) is 1. The number of nitrogens with one attached hydrogen (secondary N) is 1. The van der Waals surface area contributed by atoms with E-state index in [2.05, 4.69) is 19.9 Å². The van der Waals surface area contributed by atoms with Crippen LogP contribution in [0.4, 0.5) is 0 Å². The Balaban J connectivity index is 1.88. The number of pyridine rings is 1. The lowest BCUT2D eigenvalue weighted by Gasteiger charge is -2.05. The maximum absolute atomic E-state index is 5.60. The molecular weight excluding hydrogens is 348 g/mol. The Morgan fingerprint density at radius 1 is 1.00 bits per heavy atom. The van der Waals surface area contributed by atoms with E-state index in [-0.39, 0.29) is 0 Å². The maximum Gasteiger partial charge on any atom is 0.220 e. The van der Waals surface area contributed by atoms with E-state index in [0.717, 1.165) is 27.7 Å². The van der Waals surface area contributed by atoms with Crippen LogP contribution in [-0.2, 0) is 0 Å². The van der Waals surface area contributed by atoms with E-state index in [0.29, 0.717) is 11.7 Å². The average Bonchev–Trinajstić information content (AvgIpc) is 3.49. The van der Waals surface area contributed by atoms with Crippen LogP contribution in [0.25, 0.3) is 39.4 Å². The first-order chi connectivity index (χ1) is 12.9. The fourth-order valence-corrected chi connectivity index (χ4v) is 3.45. The van der Waals surface area contributed by atoms with Crippen molar-refractivity contribution < 1.29 is 4.42 Å². The molecule has 0 unspecified atom stereocenters. The first-order valence-corrected chi connectivity index (χ1v) is 8.77. The highest BCUT2D eigenvalue weighted by Crippen LogP contribution is 2.39. The topological polar surface area (TPSA) is 85.4 Å². The van der Waals surface area contributed by atoms with Crippen LogP contribution < -0.4 is 0 Å². The number of nitrogens with zero attached hydrogens (tertiary/aromatic N) is 5. The van der Waals surface area contributed by atoms with Crippen LogP contribution in [0.15, 0.2) is 71.2 Å². The molecule has 0 saturated carbocycles. The number of hydrogen-bond acceptors (Lipinski definition) is 6. The molecule has 5 aromatic rings. The molecule has 0 radical (unpaired) electrons. The molecule has 0 aliphatic rings. The number of aromatic amines is 1. The van der Waals surface area contributed by atoms with Gasteiger partial charge in [-0.2, -0.15) is 9.78 Å². The van der Waals surface area contributed by atoms with Crippen LogP contribution in [0, 0.1) is 0 Å². The van der Waals surface area contributed by atoms with Gasteiger partial charge >= 0.3 is 0 Å². The molecule has 0 bridgehead atoms. The van der Waals surface area contributed by atoms with Gasteiger partial charge in [-0.25, -0.2) is 9.97 Å². The molecule has 0 aliphatic carbocycles. The summed E-state index contributed by atoms with van der Waals surface area (Å²) in [6.45, 7) is 0. The first kappa shape index (κ1) is 14.8. The van der Waals surface area contributed by atoms with Crippen molar-refractivity contribution in [1.29, 1.82) is 0 Å². The third-order valence-electron chi connectivity index (χ3n) is 3.88. The van der Waals surface area contributed by atoms with Crippen molar-refractivity contribution in [2.45, 2.75) is 0 Å². The van der Waals surface area contributed by atoms with Gasteiger partial charge in [-0.1, -0.05) is 6.07 Å². The first-order valence-electron chi connectivity index (χ1n) is 7.90. The van der Waals surface area contributed by atoms with Crippen LogP contribution in [0.1, 0.15) is 0 Å². The highest BCUT2D eigenvalue weighted by molar-refractivity contribution is 7.13. The summed E-state index contributed by atoms with van der Waals surface area (Å²) in [5.74, 6) is 1.27. The lowest BCUT2D eigenvalue weighted by molar-refractivity contribution is 0.524. The van der Waals surface area contributed by atoms with Gasteiger partial charge in [0.2, 0.25) is 5.88 Å². The van der Waals surface area contributed by atoms with Crippen molar-refractivity contribution in [2.75, 3.05) is 0 Å². The zero-order valence-corrected chi connectivity index (χ0v) is 14.2. The van der Waals surface area contributed by atoms with E-state index in [1.165, 1.54) is 11.3 Å². The molecule has 7 nitrogen and oxygen atoms in total. The molecule has 5 rings (SSSR count). The Labute approximate surface area is 152 Å². The molecule has 126 valence electrons. The molecule has 26 heavy (non-hydrogen) atoms. The smallest absolute Gasteiger partial charge is 0.220 e. The average molecular weight is 360 g/mol. The van der Waals surface area contributed by atoms with Gasteiger partial charge in [0.25, 0.3) is 0 Å². The Kier molecular flexibility index (Phi) is 3.46. The summed E-state index contributed by atoms with van der Waals surface area (Å²) >= 11 is 1.53. The van der Waals surface area contributed by atoms with E-state index in [9.17, 15) is 0 Å². The van der Waals surface area contributed by atoms with Gasteiger partial charge in [-0.15, -0.1) is 11.3 Å². The monoisotopic (exact) mass is 360 g/mol. The SMILES string of the molecule is c1ccc(-c2c(-c3nccs3)nn(-c3ccco3)c2-c2ncc[nH]2)nc1. The Morgan fingerprint density at radius 2 is 2.00 bits per heavy atom. The van der Waals surface area contributed by atoms with Crippen molar-refractivity contribution in [1.82, 2.24) is 29.7 Å². The number of furan rings is 1. The lowest BCUT2D eigenvalue weighted by atomic mass is 10.1. The van der Waals surface area contributed by atoms with Gasteiger partial charge < -0.3 is 9.40 Å². The number of rotatable bonds is 4. The van der Waals surface area contributed by atoms with Crippen LogP contribution >= 0.6 is 11.3 Å². The van der Waals surface area contributed by atoms with Crippen LogP contribution in [-0.4, -0.2) is 29.7 Å². The quantitative estimate of drug-likeness (QED) is 0.523. The van der Waals surface area contributed by atoms with Gasteiger partial charge in [0.15, 0.2) is 5.82 Å². The second-order valence-corrected chi connectivity index (χ2v) is 6.32. The minimum absolute atomic E-state index is 0.594. The van der Waals surface area contributed by atoms with Gasteiger partial charge in [-0.3, -0.25) is 4.98 Å². The third kappa shape index (κ3) is 2.35. The maximum atomic E-state index is 5.60. The van der Waals surface area contributed by atoms with Crippen LogP contribution in [0.2, 0.25) is 0 Å².